The maximum absolute atomic E-state index is 15.2. The van der Waals surface area contributed by atoms with Gasteiger partial charge in [-0.15, -0.1) is 0 Å². The van der Waals surface area contributed by atoms with Crippen LogP contribution in [0.2, 0.25) is 0 Å². The lowest BCUT2D eigenvalue weighted by molar-refractivity contribution is -0.325. The number of alkyl halides is 10. The summed E-state index contributed by atoms with van der Waals surface area (Å²) in [6.45, 7) is 0. The molecule has 45 heavy (non-hydrogen) atoms. The summed E-state index contributed by atoms with van der Waals surface area (Å²) in [6, 6.07) is 13.4. The molecule has 0 saturated carbocycles. The van der Waals surface area contributed by atoms with Crippen LogP contribution >= 0.6 is 11.8 Å². The summed E-state index contributed by atoms with van der Waals surface area (Å²) in [5, 5.41) is 0. The Morgan fingerprint density at radius 2 is 0.667 bits per heavy atom. The van der Waals surface area contributed by atoms with Gasteiger partial charge in [0.15, 0.2) is 0 Å². The Bertz CT molecular complexity index is 1390. The molecule has 0 radical (unpaired) electrons. The number of halogens is 10. The molecule has 0 bridgehead atoms. The van der Waals surface area contributed by atoms with Crippen molar-refractivity contribution in [2.24, 2.45) is 0 Å². The largest absolute Gasteiger partial charge is 0.449 e. The van der Waals surface area contributed by atoms with Gasteiger partial charge in [0, 0.05) is 9.79 Å². The second-order valence-electron chi connectivity index (χ2n) is 9.05. The van der Waals surface area contributed by atoms with Gasteiger partial charge in [-0.2, -0.15) is 35.1 Å². The van der Waals surface area contributed by atoms with Crippen LogP contribution in [0.25, 0.3) is 0 Å². The number of ether oxygens (including phenoxy) is 4. The molecule has 15 heteroatoms. The first-order valence-electron chi connectivity index (χ1n) is 12.6. The molecule has 0 N–H and O–H groups in total. The first-order valence-corrected chi connectivity index (χ1v) is 13.4. The zero-order valence-electron chi connectivity index (χ0n) is 22.4. The second kappa shape index (κ2) is 13.4. The van der Waals surface area contributed by atoms with E-state index >= 15 is 8.78 Å². The third-order valence-corrected chi connectivity index (χ3v) is 6.59. The minimum Gasteiger partial charge on any atom is -0.424 e. The first-order chi connectivity index (χ1) is 21.1. The van der Waals surface area contributed by atoms with E-state index in [4.69, 9.17) is 0 Å². The summed E-state index contributed by atoms with van der Waals surface area (Å²) >= 11 is 0.998. The van der Waals surface area contributed by atoms with Crippen LogP contribution in [0, 0.1) is 0 Å². The van der Waals surface area contributed by atoms with E-state index in [9.17, 15) is 35.1 Å². The molecule has 0 fully saturated rings. The minimum absolute atomic E-state index is 0.394. The van der Waals surface area contributed by atoms with Crippen molar-refractivity contribution in [3.63, 3.8) is 0 Å². The first kappa shape index (κ1) is 33.6. The molecule has 0 amide bonds. The van der Waals surface area contributed by atoms with Crippen molar-refractivity contribution >= 4 is 11.8 Å². The maximum atomic E-state index is 15.2. The molecule has 0 aliphatic rings. The Morgan fingerprint density at radius 1 is 0.400 bits per heavy atom. The second-order valence-corrected chi connectivity index (χ2v) is 10.2. The van der Waals surface area contributed by atoms with Crippen molar-refractivity contribution in [1.82, 2.24) is 0 Å². The lowest BCUT2D eigenvalue weighted by Crippen LogP contribution is -2.53. The average Bonchev–Trinajstić information content (AvgIpc) is 2.98. The van der Waals surface area contributed by atoms with E-state index in [1.165, 1.54) is 60.7 Å². The van der Waals surface area contributed by atoms with Crippen LogP contribution in [0.5, 0.6) is 23.0 Å². The molecule has 4 nitrogen and oxygen atoms in total. The van der Waals surface area contributed by atoms with Gasteiger partial charge in [-0.3, -0.25) is 0 Å². The van der Waals surface area contributed by atoms with Crippen LogP contribution in [0.1, 0.15) is 0 Å². The molecule has 4 aromatic carbocycles. The van der Waals surface area contributed by atoms with E-state index in [0.717, 1.165) is 60.3 Å². The number of hydrogen-bond donors (Lipinski definition) is 0. The Hall–Kier alpha value is -4.27. The third-order valence-electron chi connectivity index (χ3n) is 5.58. The van der Waals surface area contributed by atoms with E-state index in [1.54, 1.807) is 0 Å². The highest BCUT2D eigenvalue weighted by atomic mass is 32.2. The smallest absolute Gasteiger partial charge is 0.424 e. The molecule has 0 heterocycles. The number of hydrogen-bond acceptors (Lipinski definition) is 5. The summed E-state index contributed by atoms with van der Waals surface area (Å²) < 4.78 is 156. The van der Waals surface area contributed by atoms with Crippen LogP contribution in [-0.4, -0.2) is 36.8 Å². The lowest BCUT2D eigenvalue weighted by Gasteiger charge is -2.30. The lowest BCUT2D eigenvalue weighted by atomic mass is 10.3. The van der Waals surface area contributed by atoms with Gasteiger partial charge in [0.1, 0.15) is 23.0 Å². The summed E-state index contributed by atoms with van der Waals surface area (Å²) in [5.41, 5.74) is 0. The Labute approximate surface area is 253 Å². The molecule has 240 valence electrons. The van der Waals surface area contributed by atoms with Crippen LogP contribution in [0.4, 0.5) is 43.9 Å². The number of benzene rings is 4. The van der Waals surface area contributed by atoms with Crippen LogP contribution < -0.4 is 18.9 Å². The zero-order chi connectivity index (χ0) is 32.9. The molecule has 4 atom stereocenters. The third kappa shape index (κ3) is 8.90. The SMILES string of the molecule is FC(C(F)(F)F)C(F)(Oc1ccccc1)Oc1ccc(Sc2ccc(OC(F)(Oc3ccccc3)C(F)C(F)(F)F)cc2)cc1. The fourth-order valence-electron chi connectivity index (χ4n) is 3.55. The van der Waals surface area contributed by atoms with Crippen LogP contribution in [0.3, 0.4) is 0 Å². The van der Waals surface area contributed by atoms with Crippen molar-refractivity contribution in [3.8, 4) is 23.0 Å². The predicted octanol–water partition coefficient (Wildman–Crippen LogP) is 9.80. The summed E-state index contributed by atoms with van der Waals surface area (Å²) in [6.07, 6.45) is -19.7. The predicted molar refractivity (Wildman–Crippen MR) is 142 cm³/mol. The van der Waals surface area contributed by atoms with Crippen molar-refractivity contribution in [2.75, 3.05) is 0 Å². The van der Waals surface area contributed by atoms with Gasteiger partial charge < -0.3 is 18.9 Å². The Balaban J connectivity index is 1.46. The quantitative estimate of drug-likeness (QED) is 0.111. The van der Waals surface area contributed by atoms with Crippen LogP contribution in [-0.2, 0) is 0 Å². The van der Waals surface area contributed by atoms with E-state index in [0.29, 0.717) is 9.79 Å². The van der Waals surface area contributed by atoms with Gasteiger partial charge in [-0.25, -0.2) is 8.78 Å². The molecule has 0 aromatic heterocycles. The molecule has 4 rings (SSSR count). The monoisotopic (exact) mass is 666 g/mol. The molecule has 4 unspecified atom stereocenters. The summed E-state index contributed by atoms with van der Waals surface area (Å²) in [7, 11) is 0. The van der Waals surface area contributed by atoms with Gasteiger partial charge in [0.05, 0.1) is 0 Å². The van der Waals surface area contributed by atoms with Gasteiger partial charge in [0.25, 0.3) is 0 Å². The highest BCUT2D eigenvalue weighted by Crippen LogP contribution is 2.40. The zero-order valence-corrected chi connectivity index (χ0v) is 23.2. The van der Waals surface area contributed by atoms with Gasteiger partial charge in [-0.1, -0.05) is 48.2 Å². The molecule has 0 aliphatic carbocycles. The number of rotatable bonds is 12. The van der Waals surface area contributed by atoms with Gasteiger partial charge in [-0.05, 0) is 72.8 Å². The molecule has 0 aliphatic heterocycles. The standard InChI is InChI=1S/C30H20F10O4S/c31-25(27(33,34)35)29(39,41-19-7-3-1-4-8-19)43-21-11-15-23(16-12-21)45-24-17-13-22(14-18-24)44-30(40,26(32)28(36,37)38)42-20-9-5-2-6-10-20/h1-18,25-26H. The fraction of sp³-hybridized carbons (Fsp3) is 0.200. The summed E-state index contributed by atoms with van der Waals surface area (Å²) in [5.74, 6) is -1.89. The highest BCUT2D eigenvalue weighted by Gasteiger charge is 2.62. The van der Waals surface area contributed by atoms with E-state index in [2.05, 4.69) is 18.9 Å². The summed E-state index contributed by atoms with van der Waals surface area (Å²) in [4.78, 5) is 0.787. The van der Waals surface area contributed by atoms with Gasteiger partial charge >= 0.3 is 36.8 Å². The molecular formula is C30H20F10O4S. The molecule has 0 spiro atoms. The van der Waals surface area contributed by atoms with Gasteiger partial charge in [0.2, 0.25) is 0 Å². The fourth-order valence-corrected chi connectivity index (χ4v) is 4.36. The average molecular weight is 667 g/mol. The molecule has 4 aromatic rings. The molecule has 0 saturated heterocycles. The highest BCUT2D eigenvalue weighted by molar-refractivity contribution is 7.99. The van der Waals surface area contributed by atoms with E-state index in [1.807, 2.05) is 0 Å². The Morgan fingerprint density at radius 3 is 0.933 bits per heavy atom. The van der Waals surface area contributed by atoms with Crippen LogP contribution in [0.15, 0.2) is 119 Å². The molecular weight excluding hydrogens is 646 g/mol. The van der Waals surface area contributed by atoms with Crippen molar-refractivity contribution in [2.45, 2.75) is 46.6 Å². The topological polar surface area (TPSA) is 36.9 Å². The Kier molecular flexibility index (Phi) is 10.00. The van der Waals surface area contributed by atoms with Crippen molar-refractivity contribution in [3.05, 3.63) is 109 Å². The van der Waals surface area contributed by atoms with Crippen molar-refractivity contribution < 1.29 is 62.9 Å². The van der Waals surface area contributed by atoms with Crippen molar-refractivity contribution in [1.29, 1.82) is 0 Å². The number of para-hydroxylation sites is 2. The van der Waals surface area contributed by atoms with E-state index < -0.39 is 59.8 Å². The van der Waals surface area contributed by atoms with E-state index in [-0.39, 0.29) is 0 Å². The minimum atomic E-state index is -5.66. The maximum Gasteiger partial charge on any atom is 0.449 e. The normalized spacial score (nSPS) is 16.0.